The first-order valence-corrected chi connectivity index (χ1v) is 7.21. The highest BCUT2D eigenvalue weighted by Gasteiger charge is 2.15. The number of aliphatic hydroxyl groups excluding tert-OH is 1. The lowest BCUT2D eigenvalue weighted by atomic mass is 10.0. The Morgan fingerprint density at radius 2 is 2.15 bits per heavy atom. The number of hydrogen-bond donors (Lipinski definition) is 1. The van der Waals surface area contributed by atoms with E-state index in [9.17, 15) is 9.50 Å². The van der Waals surface area contributed by atoms with Crippen LogP contribution < -0.4 is 0 Å². The summed E-state index contributed by atoms with van der Waals surface area (Å²) in [4.78, 5) is 4.22. The molecule has 2 rings (SSSR count). The number of aromatic nitrogens is 2. The summed E-state index contributed by atoms with van der Waals surface area (Å²) in [6.07, 6.45) is 0.510. The monoisotopic (exact) mass is 342 g/mol. The van der Waals surface area contributed by atoms with E-state index in [1.165, 1.54) is 6.07 Å². The zero-order valence-electron chi connectivity index (χ0n) is 11.3. The Labute approximate surface area is 125 Å². The van der Waals surface area contributed by atoms with Crippen molar-refractivity contribution in [2.45, 2.75) is 32.8 Å². The van der Waals surface area contributed by atoms with Crippen molar-refractivity contribution in [3.63, 3.8) is 0 Å². The Kier molecular flexibility index (Phi) is 4.88. The van der Waals surface area contributed by atoms with Crippen molar-refractivity contribution in [2.24, 2.45) is 5.92 Å². The molecule has 1 aromatic carbocycles. The summed E-state index contributed by atoms with van der Waals surface area (Å²) in [6.45, 7) is 4.08. The largest absolute Gasteiger partial charge is 0.393 e. The molecule has 0 bridgehead atoms. The van der Waals surface area contributed by atoms with Crippen molar-refractivity contribution in [1.29, 1.82) is 0 Å². The lowest BCUT2D eigenvalue weighted by molar-refractivity contribution is 0.138. The van der Waals surface area contributed by atoms with Gasteiger partial charge in [-0.3, -0.25) is 0 Å². The molecule has 1 N–H and O–H groups in total. The molecule has 0 spiro atoms. The van der Waals surface area contributed by atoms with Gasteiger partial charge in [-0.15, -0.1) is 0 Å². The third-order valence-electron chi connectivity index (χ3n) is 2.80. The summed E-state index contributed by atoms with van der Waals surface area (Å²) < 4.78 is 18.6. The van der Waals surface area contributed by atoms with E-state index in [2.05, 4.69) is 26.1 Å². The average molecular weight is 343 g/mol. The van der Waals surface area contributed by atoms with Crippen LogP contribution in [0.3, 0.4) is 0 Å². The number of halogens is 2. The second-order valence-corrected chi connectivity index (χ2v) is 5.98. The van der Waals surface area contributed by atoms with Crippen molar-refractivity contribution in [3.8, 4) is 11.4 Å². The lowest BCUT2D eigenvalue weighted by Gasteiger charge is -2.09. The minimum Gasteiger partial charge on any atom is -0.393 e. The third kappa shape index (κ3) is 3.86. The molecule has 0 aliphatic rings. The van der Waals surface area contributed by atoms with Gasteiger partial charge in [-0.2, -0.15) is 4.98 Å². The van der Waals surface area contributed by atoms with Crippen LogP contribution in [0.15, 0.2) is 27.2 Å². The topological polar surface area (TPSA) is 59.2 Å². The van der Waals surface area contributed by atoms with Crippen molar-refractivity contribution in [1.82, 2.24) is 10.1 Å². The number of aliphatic hydroxyl groups is 1. The van der Waals surface area contributed by atoms with Crippen LogP contribution in [0.2, 0.25) is 0 Å². The van der Waals surface area contributed by atoms with Crippen molar-refractivity contribution >= 4 is 15.9 Å². The molecule has 0 radical (unpaired) electrons. The van der Waals surface area contributed by atoms with Gasteiger partial charge in [-0.25, -0.2) is 4.39 Å². The molecule has 1 atom stereocenters. The molecule has 6 heteroatoms. The predicted octanol–water partition coefficient (Wildman–Crippen LogP) is 3.59. The van der Waals surface area contributed by atoms with E-state index < -0.39 is 6.10 Å². The maximum atomic E-state index is 13.2. The molecular weight excluding hydrogens is 327 g/mol. The maximum Gasteiger partial charge on any atom is 0.229 e. The van der Waals surface area contributed by atoms with Crippen molar-refractivity contribution < 1.29 is 14.0 Å². The molecule has 0 amide bonds. The molecule has 1 heterocycles. The van der Waals surface area contributed by atoms with E-state index in [4.69, 9.17) is 4.52 Å². The molecule has 2 aromatic rings. The Morgan fingerprint density at radius 3 is 2.80 bits per heavy atom. The van der Waals surface area contributed by atoms with Gasteiger partial charge in [0.25, 0.3) is 0 Å². The molecule has 0 fully saturated rings. The summed E-state index contributed by atoms with van der Waals surface area (Å²) in [5.74, 6) is 0.830. The van der Waals surface area contributed by atoms with E-state index in [0.29, 0.717) is 40.5 Å². The van der Waals surface area contributed by atoms with Crippen LogP contribution in [0.25, 0.3) is 11.4 Å². The minimum absolute atomic E-state index is 0.327. The number of hydrogen-bond acceptors (Lipinski definition) is 4. The second-order valence-electron chi connectivity index (χ2n) is 5.13. The van der Waals surface area contributed by atoms with E-state index in [1.54, 1.807) is 12.1 Å². The Morgan fingerprint density at radius 1 is 1.40 bits per heavy atom. The van der Waals surface area contributed by atoms with E-state index >= 15 is 0 Å². The predicted molar refractivity (Wildman–Crippen MR) is 76.6 cm³/mol. The van der Waals surface area contributed by atoms with Crippen LogP contribution in [-0.2, 0) is 6.42 Å². The molecule has 0 aliphatic heterocycles. The highest BCUT2D eigenvalue weighted by atomic mass is 79.9. The molecule has 1 aromatic heterocycles. The minimum atomic E-state index is -0.497. The van der Waals surface area contributed by atoms with Crippen LogP contribution in [0.5, 0.6) is 0 Å². The Bertz CT molecular complexity index is 586. The van der Waals surface area contributed by atoms with Gasteiger partial charge < -0.3 is 9.63 Å². The number of rotatable bonds is 5. The smallest absolute Gasteiger partial charge is 0.229 e. The molecule has 108 valence electrons. The van der Waals surface area contributed by atoms with Crippen molar-refractivity contribution in [2.75, 3.05) is 0 Å². The first kappa shape index (κ1) is 15.1. The van der Waals surface area contributed by atoms with E-state index in [0.717, 1.165) is 0 Å². The highest BCUT2D eigenvalue weighted by molar-refractivity contribution is 9.10. The molecule has 4 nitrogen and oxygen atoms in total. The summed E-state index contributed by atoms with van der Waals surface area (Å²) in [6, 6.07) is 4.51. The van der Waals surface area contributed by atoms with Gasteiger partial charge in [-0.1, -0.05) is 19.0 Å². The third-order valence-corrected chi connectivity index (χ3v) is 3.41. The molecular formula is C14H16BrFN2O2. The SMILES string of the molecule is CC(C)CC(O)Cc1nc(-c2ccc(F)c(Br)c2)no1. The second kappa shape index (κ2) is 6.45. The standard InChI is InChI=1S/C14H16BrFN2O2/c1-8(2)5-10(19)7-13-17-14(18-20-13)9-3-4-12(16)11(15)6-9/h3-4,6,8,10,19H,5,7H2,1-2H3. The summed E-state index contributed by atoms with van der Waals surface area (Å²) in [7, 11) is 0. The Balaban J connectivity index is 2.10. The number of benzene rings is 1. The van der Waals surface area contributed by atoms with Gasteiger partial charge in [0, 0.05) is 5.56 Å². The molecule has 1 unspecified atom stereocenters. The molecule has 0 saturated carbocycles. The fraction of sp³-hybridized carbons (Fsp3) is 0.429. The van der Waals surface area contributed by atoms with Crippen LogP contribution in [0.4, 0.5) is 4.39 Å². The average Bonchev–Trinajstić information content (AvgIpc) is 2.80. The van der Waals surface area contributed by atoms with Gasteiger partial charge >= 0.3 is 0 Å². The van der Waals surface area contributed by atoms with Gasteiger partial charge in [0.05, 0.1) is 17.0 Å². The van der Waals surface area contributed by atoms with Crippen LogP contribution in [-0.4, -0.2) is 21.4 Å². The quantitative estimate of drug-likeness (QED) is 0.901. The molecule has 0 saturated heterocycles. The fourth-order valence-electron chi connectivity index (χ4n) is 1.92. The van der Waals surface area contributed by atoms with Gasteiger partial charge in [0.1, 0.15) is 5.82 Å². The lowest BCUT2D eigenvalue weighted by Crippen LogP contribution is -2.13. The zero-order chi connectivity index (χ0) is 14.7. The summed E-state index contributed by atoms with van der Waals surface area (Å²) in [5.41, 5.74) is 0.659. The van der Waals surface area contributed by atoms with Crippen LogP contribution >= 0.6 is 15.9 Å². The first-order chi connectivity index (χ1) is 9.45. The van der Waals surface area contributed by atoms with Crippen LogP contribution in [0, 0.1) is 11.7 Å². The van der Waals surface area contributed by atoms with Crippen LogP contribution in [0.1, 0.15) is 26.2 Å². The molecule has 20 heavy (non-hydrogen) atoms. The van der Waals surface area contributed by atoms with Crippen molar-refractivity contribution in [3.05, 3.63) is 34.4 Å². The fourth-order valence-corrected chi connectivity index (χ4v) is 2.30. The Hall–Kier alpha value is -1.27. The van der Waals surface area contributed by atoms with Gasteiger partial charge in [0.2, 0.25) is 11.7 Å². The van der Waals surface area contributed by atoms with Gasteiger partial charge in [-0.05, 0) is 46.5 Å². The maximum absolute atomic E-state index is 13.2. The van der Waals surface area contributed by atoms with E-state index in [-0.39, 0.29) is 5.82 Å². The highest BCUT2D eigenvalue weighted by Crippen LogP contribution is 2.23. The normalized spacial score (nSPS) is 12.9. The zero-order valence-corrected chi connectivity index (χ0v) is 12.9. The van der Waals surface area contributed by atoms with E-state index in [1.807, 2.05) is 13.8 Å². The first-order valence-electron chi connectivity index (χ1n) is 6.41. The summed E-state index contributed by atoms with van der Waals surface area (Å²) >= 11 is 3.12. The molecule has 0 aliphatic carbocycles. The summed E-state index contributed by atoms with van der Waals surface area (Å²) in [5, 5.41) is 13.7. The van der Waals surface area contributed by atoms with Gasteiger partial charge in [0.15, 0.2) is 0 Å². The number of nitrogens with zero attached hydrogens (tertiary/aromatic N) is 2.